The molecule has 0 heterocycles. The lowest BCUT2D eigenvalue weighted by Gasteiger charge is -2.27. The molecule has 0 bridgehead atoms. The van der Waals surface area contributed by atoms with Gasteiger partial charge < -0.3 is 5.11 Å². The van der Waals surface area contributed by atoms with Crippen LogP contribution in [0.2, 0.25) is 0 Å². The summed E-state index contributed by atoms with van der Waals surface area (Å²) in [5, 5.41) is 9.09. The van der Waals surface area contributed by atoms with Crippen LogP contribution in [0.3, 0.4) is 0 Å². The zero-order valence-electron chi connectivity index (χ0n) is 19.2. The van der Waals surface area contributed by atoms with Crippen LogP contribution in [0.1, 0.15) is 53.7 Å². The van der Waals surface area contributed by atoms with Crippen molar-refractivity contribution < 1.29 is 18.3 Å². The summed E-state index contributed by atoms with van der Waals surface area (Å²) in [5.74, 6) is -0.948. The van der Waals surface area contributed by atoms with Crippen LogP contribution in [0, 0.1) is 0 Å². The molecule has 0 spiro atoms. The number of carboxylic acid groups (broad SMARTS) is 1. The van der Waals surface area contributed by atoms with E-state index < -0.39 is 16.0 Å². The molecule has 0 fully saturated rings. The third-order valence-corrected chi connectivity index (χ3v) is 7.61. The van der Waals surface area contributed by atoms with E-state index in [0.717, 1.165) is 36.0 Å². The van der Waals surface area contributed by atoms with Gasteiger partial charge in [-0.1, -0.05) is 62.7 Å². The Kier molecular flexibility index (Phi) is 8.28. The maximum Gasteiger partial charge on any atom is 0.335 e. The Morgan fingerprint density at radius 3 is 2.09 bits per heavy atom. The Bertz CT molecular complexity index is 1170. The lowest BCUT2D eigenvalue weighted by molar-refractivity contribution is 0.0697. The van der Waals surface area contributed by atoms with Gasteiger partial charge in [0.2, 0.25) is 0 Å². The van der Waals surface area contributed by atoms with E-state index in [1.165, 1.54) is 0 Å². The number of carbonyl (C=O) groups is 1. The summed E-state index contributed by atoms with van der Waals surface area (Å²) in [6.07, 6.45) is 3.84. The van der Waals surface area contributed by atoms with Gasteiger partial charge in [-0.3, -0.25) is 4.31 Å². The number of hydrogen-bond donors (Lipinski definition) is 1. The van der Waals surface area contributed by atoms with E-state index >= 15 is 0 Å². The van der Waals surface area contributed by atoms with Crippen molar-refractivity contribution in [2.45, 2.75) is 50.8 Å². The van der Waals surface area contributed by atoms with Crippen molar-refractivity contribution in [1.29, 1.82) is 0 Å². The van der Waals surface area contributed by atoms with E-state index in [4.69, 9.17) is 5.11 Å². The molecule has 6 heteroatoms. The monoisotopic (exact) mass is 465 g/mol. The minimum atomic E-state index is -3.70. The van der Waals surface area contributed by atoms with E-state index in [1.807, 2.05) is 62.4 Å². The summed E-state index contributed by atoms with van der Waals surface area (Å²) in [6.45, 7) is 4.51. The molecule has 5 nitrogen and oxygen atoms in total. The molecule has 33 heavy (non-hydrogen) atoms. The molecule has 0 unspecified atom stereocenters. The number of nitrogens with zero attached hydrogens (tertiary/aromatic N) is 1. The van der Waals surface area contributed by atoms with Crippen molar-refractivity contribution in [2.24, 2.45) is 0 Å². The standard InChI is InChI=1S/C27H31NO4S/c1-3-5-20-28(33(31,32)25-18-13-21(4-2)14-19-25)26-9-7-6-8-23(26)15-10-22-11-16-24(17-12-22)27(29)30/h6-9,11-14,16-19H,3-5,10,15,20H2,1-2H3,(H,29,30). The molecule has 0 aliphatic heterocycles. The second kappa shape index (κ2) is 11.1. The molecule has 0 radical (unpaired) electrons. The number of anilines is 1. The second-order valence-electron chi connectivity index (χ2n) is 8.06. The Labute approximate surface area is 196 Å². The largest absolute Gasteiger partial charge is 0.478 e. The van der Waals surface area contributed by atoms with Gasteiger partial charge in [-0.15, -0.1) is 0 Å². The molecule has 174 valence electrons. The quantitative estimate of drug-likeness (QED) is 0.393. The summed E-state index contributed by atoms with van der Waals surface area (Å²) in [5.41, 5.74) is 4.01. The average molecular weight is 466 g/mol. The van der Waals surface area contributed by atoms with E-state index in [2.05, 4.69) is 0 Å². The number of unbranched alkanes of at least 4 members (excludes halogenated alkanes) is 1. The Hall–Kier alpha value is -3.12. The van der Waals surface area contributed by atoms with Gasteiger partial charge in [0.25, 0.3) is 10.0 Å². The number of hydrogen-bond acceptors (Lipinski definition) is 3. The smallest absolute Gasteiger partial charge is 0.335 e. The lowest BCUT2D eigenvalue weighted by atomic mass is 10.0. The fourth-order valence-electron chi connectivity index (χ4n) is 3.75. The minimum Gasteiger partial charge on any atom is -0.478 e. The van der Waals surface area contributed by atoms with Crippen molar-refractivity contribution >= 4 is 21.7 Å². The van der Waals surface area contributed by atoms with Crippen LogP contribution in [0.5, 0.6) is 0 Å². The third kappa shape index (κ3) is 6.02. The van der Waals surface area contributed by atoms with Crippen molar-refractivity contribution in [3.05, 3.63) is 95.1 Å². The van der Waals surface area contributed by atoms with Gasteiger partial charge in [-0.2, -0.15) is 0 Å². The van der Waals surface area contributed by atoms with Gasteiger partial charge in [-0.25, -0.2) is 13.2 Å². The van der Waals surface area contributed by atoms with Crippen molar-refractivity contribution in [3.8, 4) is 0 Å². The van der Waals surface area contributed by atoms with Crippen molar-refractivity contribution in [3.63, 3.8) is 0 Å². The minimum absolute atomic E-state index is 0.255. The molecule has 1 N–H and O–H groups in total. The van der Waals surface area contributed by atoms with Crippen LogP contribution in [-0.4, -0.2) is 26.0 Å². The Morgan fingerprint density at radius 1 is 0.848 bits per heavy atom. The maximum absolute atomic E-state index is 13.6. The van der Waals surface area contributed by atoms with E-state index in [0.29, 0.717) is 30.0 Å². The molecule has 0 aromatic heterocycles. The topological polar surface area (TPSA) is 74.7 Å². The SMILES string of the molecule is CCCCN(c1ccccc1CCc1ccc(C(=O)O)cc1)S(=O)(=O)c1ccc(CC)cc1. The van der Waals surface area contributed by atoms with Gasteiger partial charge in [0.15, 0.2) is 0 Å². The summed E-state index contributed by atoms with van der Waals surface area (Å²) in [6, 6.07) is 21.6. The summed E-state index contributed by atoms with van der Waals surface area (Å²) in [4.78, 5) is 11.4. The number of aromatic carboxylic acids is 1. The molecule has 3 rings (SSSR count). The van der Waals surface area contributed by atoms with Crippen LogP contribution in [0.4, 0.5) is 5.69 Å². The highest BCUT2D eigenvalue weighted by Crippen LogP contribution is 2.29. The molecular weight excluding hydrogens is 434 g/mol. The van der Waals surface area contributed by atoms with E-state index in [9.17, 15) is 13.2 Å². The normalized spacial score (nSPS) is 11.3. The third-order valence-electron chi connectivity index (χ3n) is 5.78. The van der Waals surface area contributed by atoms with Gasteiger partial charge in [-0.05, 0) is 72.7 Å². The highest BCUT2D eigenvalue weighted by atomic mass is 32.2. The average Bonchev–Trinajstić information content (AvgIpc) is 2.83. The van der Waals surface area contributed by atoms with Crippen molar-refractivity contribution in [1.82, 2.24) is 0 Å². The van der Waals surface area contributed by atoms with Crippen LogP contribution >= 0.6 is 0 Å². The lowest BCUT2D eigenvalue weighted by Crippen LogP contribution is -2.33. The first kappa shape index (κ1) is 24.5. The molecule has 0 aliphatic rings. The van der Waals surface area contributed by atoms with Gasteiger partial charge in [0, 0.05) is 6.54 Å². The molecule has 0 amide bonds. The summed E-state index contributed by atoms with van der Waals surface area (Å²) < 4.78 is 28.8. The maximum atomic E-state index is 13.6. The van der Waals surface area contributed by atoms with E-state index in [1.54, 1.807) is 28.6 Å². The fourth-order valence-corrected chi connectivity index (χ4v) is 5.30. The van der Waals surface area contributed by atoms with Crippen LogP contribution < -0.4 is 4.31 Å². The summed E-state index contributed by atoms with van der Waals surface area (Å²) >= 11 is 0. The predicted octanol–water partition coefficient (Wildman–Crippen LogP) is 5.73. The predicted molar refractivity (Wildman–Crippen MR) is 133 cm³/mol. The van der Waals surface area contributed by atoms with Gasteiger partial charge >= 0.3 is 5.97 Å². The first-order valence-corrected chi connectivity index (χ1v) is 12.8. The summed E-state index contributed by atoms with van der Waals surface area (Å²) in [7, 11) is -3.70. The number of aryl methyl sites for hydroxylation is 3. The zero-order chi connectivity index (χ0) is 23.8. The number of benzene rings is 3. The van der Waals surface area contributed by atoms with Crippen LogP contribution in [-0.2, 0) is 29.3 Å². The second-order valence-corrected chi connectivity index (χ2v) is 9.92. The van der Waals surface area contributed by atoms with Crippen LogP contribution in [0.25, 0.3) is 0 Å². The molecule has 0 atom stereocenters. The highest BCUT2D eigenvalue weighted by molar-refractivity contribution is 7.92. The Morgan fingerprint density at radius 2 is 1.48 bits per heavy atom. The van der Waals surface area contributed by atoms with Crippen LogP contribution in [0.15, 0.2) is 77.7 Å². The van der Waals surface area contributed by atoms with Crippen molar-refractivity contribution in [2.75, 3.05) is 10.8 Å². The highest BCUT2D eigenvalue weighted by Gasteiger charge is 2.26. The van der Waals surface area contributed by atoms with Gasteiger partial charge in [0.05, 0.1) is 16.1 Å². The molecule has 0 aliphatic carbocycles. The molecule has 3 aromatic carbocycles. The molecule has 0 saturated heterocycles. The molecular formula is C27H31NO4S. The Balaban J connectivity index is 1.90. The number of sulfonamides is 1. The molecule has 3 aromatic rings. The molecule has 0 saturated carbocycles. The number of rotatable bonds is 11. The van der Waals surface area contributed by atoms with Gasteiger partial charge in [0.1, 0.15) is 0 Å². The number of para-hydroxylation sites is 1. The number of carboxylic acids is 1. The first-order valence-electron chi connectivity index (χ1n) is 11.4. The first-order chi connectivity index (χ1) is 15.9. The fraction of sp³-hybridized carbons (Fsp3) is 0.296. The van der Waals surface area contributed by atoms with E-state index in [-0.39, 0.29) is 5.56 Å². The zero-order valence-corrected chi connectivity index (χ0v) is 20.0.